The quantitative estimate of drug-likeness (QED) is 0.655. The molecule has 0 radical (unpaired) electrons. The Bertz CT molecular complexity index is 726. The van der Waals surface area contributed by atoms with Crippen LogP contribution in [0.5, 0.6) is 0 Å². The second-order valence-electron chi connectivity index (χ2n) is 4.59. The monoisotopic (exact) mass is 348 g/mol. The summed E-state index contributed by atoms with van der Waals surface area (Å²) in [5.41, 5.74) is 0.912. The Morgan fingerprint density at radius 1 is 1.26 bits per heavy atom. The van der Waals surface area contributed by atoms with Crippen LogP contribution in [0.15, 0.2) is 36.4 Å². The summed E-state index contributed by atoms with van der Waals surface area (Å²) in [5.74, 6) is -0.731. The molecule has 1 aromatic heterocycles. The van der Waals surface area contributed by atoms with Crippen LogP contribution in [0, 0.1) is 6.92 Å². The van der Waals surface area contributed by atoms with Crippen molar-refractivity contribution in [1.29, 1.82) is 0 Å². The summed E-state index contributed by atoms with van der Waals surface area (Å²) in [6.45, 7) is 3.92. The molecule has 0 spiro atoms. The minimum atomic E-state index is -0.420. The largest absolute Gasteiger partial charge is 0.462 e. The second kappa shape index (κ2) is 7.85. The molecule has 7 heteroatoms. The van der Waals surface area contributed by atoms with Gasteiger partial charge in [0, 0.05) is 10.4 Å². The third-order valence-corrected chi connectivity index (χ3v) is 4.01. The van der Waals surface area contributed by atoms with Gasteiger partial charge >= 0.3 is 5.97 Å². The van der Waals surface area contributed by atoms with Crippen molar-refractivity contribution in [2.24, 2.45) is 0 Å². The number of thiocarbonyl (C=S) groups is 1. The Morgan fingerprint density at radius 2 is 1.96 bits per heavy atom. The average molecular weight is 348 g/mol. The first-order valence-corrected chi connectivity index (χ1v) is 8.18. The third kappa shape index (κ3) is 4.61. The van der Waals surface area contributed by atoms with Crippen LogP contribution in [0.4, 0.5) is 5.00 Å². The van der Waals surface area contributed by atoms with E-state index in [-0.39, 0.29) is 11.0 Å². The molecule has 0 aliphatic carbocycles. The van der Waals surface area contributed by atoms with Crippen molar-refractivity contribution in [3.63, 3.8) is 0 Å². The van der Waals surface area contributed by atoms with Crippen molar-refractivity contribution in [2.75, 3.05) is 11.9 Å². The molecule has 0 aliphatic heterocycles. The third-order valence-electron chi connectivity index (χ3n) is 2.84. The molecule has 1 heterocycles. The number of hydrogen-bond donors (Lipinski definition) is 2. The zero-order valence-corrected chi connectivity index (χ0v) is 14.3. The topological polar surface area (TPSA) is 67.4 Å². The van der Waals surface area contributed by atoms with Crippen LogP contribution in [-0.2, 0) is 4.74 Å². The van der Waals surface area contributed by atoms with Gasteiger partial charge in [-0.2, -0.15) is 0 Å². The van der Waals surface area contributed by atoms with Gasteiger partial charge in [-0.1, -0.05) is 18.2 Å². The van der Waals surface area contributed by atoms with Crippen LogP contribution >= 0.6 is 23.6 Å². The summed E-state index contributed by atoms with van der Waals surface area (Å²) in [4.78, 5) is 24.9. The number of carbonyl (C=O) groups is 2. The zero-order chi connectivity index (χ0) is 16.8. The molecule has 0 saturated heterocycles. The van der Waals surface area contributed by atoms with E-state index in [1.165, 1.54) is 11.3 Å². The van der Waals surface area contributed by atoms with Crippen molar-refractivity contribution >= 4 is 45.5 Å². The van der Waals surface area contributed by atoms with Gasteiger partial charge in [-0.15, -0.1) is 11.3 Å². The Labute approximate surface area is 143 Å². The van der Waals surface area contributed by atoms with E-state index in [4.69, 9.17) is 17.0 Å². The summed E-state index contributed by atoms with van der Waals surface area (Å²) < 4.78 is 5.01. The summed E-state index contributed by atoms with van der Waals surface area (Å²) in [6, 6.07) is 10.5. The molecule has 1 aromatic carbocycles. The molecule has 0 unspecified atom stereocenters. The number of nitrogens with one attached hydrogen (secondary N) is 2. The highest BCUT2D eigenvalue weighted by atomic mass is 32.1. The average Bonchev–Trinajstić information content (AvgIpc) is 2.88. The number of carbonyl (C=O) groups excluding carboxylic acids is 2. The molecule has 120 valence electrons. The van der Waals surface area contributed by atoms with E-state index in [9.17, 15) is 9.59 Å². The number of amides is 1. The maximum Gasteiger partial charge on any atom is 0.341 e. The van der Waals surface area contributed by atoms with Gasteiger partial charge in [0.25, 0.3) is 5.91 Å². The van der Waals surface area contributed by atoms with E-state index in [0.717, 1.165) is 4.88 Å². The molecule has 23 heavy (non-hydrogen) atoms. The van der Waals surface area contributed by atoms with Crippen LogP contribution < -0.4 is 10.6 Å². The molecule has 2 rings (SSSR count). The van der Waals surface area contributed by atoms with Gasteiger partial charge in [0.15, 0.2) is 5.11 Å². The first kappa shape index (κ1) is 17.1. The lowest BCUT2D eigenvalue weighted by Gasteiger charge is -2.09. The van der Waals surface area contributed by atoms with Gasteiger partial charge in [-0.05, 0) is 44.3 Å². The molecular weight excluding hydrogens is 332 g/mol. The van der Waals surface area contributed by atoms with Crippen molar-refractivity contribution < 1.29 is 14.3 Å². The van der Waals surface area contributed by atoms with E-state index in [1.54, 1.807) is 37.3 Å². The number of rotatable bonds is 4. The normalized spacial score (nSPS) is 10.0. The Morgan fingerprint density at radius 3 is 2.61 bits per heavy atom. The first-order valence-electron chi connectivity index (χ1n) is 6.96. The van der Waals surface area contributed by atoms with Gasteiger partial charge in [0.05, 0.1) is 12.2 Å². The molecular formula is C16H16N2O3S2. The van der Waals surface area contributed by atoms with Crippen molar-refractivity contribution in [3.05, 3.63) is 52.4 Å². The molecule has 5 nitrogen and oxygen atoms in total. The minimum absolute atomic E-state index is 0.131. The molecule has 0 fully saturated rings. The minimum Gasteiger partial charge on any atom is -0.462 e. The van der Waals surface area contributed by atoms with Gasteiger partial charge in [0.2, 0.25) is 0 Å². The maximum absolute atomic E-state index is 12.0. The summed E-state index contributed by atoms with van der Waals surface area (Å²) in [5, 5.41) is 6.16. The van der Waals surface area contributed by atoms with Crippen LogP contribution in [-0.4, -0.2) is 23.6 Å². The maximum atomic E-state index is 12.0. The number of aryl methyl sites for hydroxylation is 1. The van der Waals surface area contributed by atoms with E-state index in [2.05, 4.69) is 10.6 Å². The lowest BCUT2D eigenvalue weighted by atomic mass is 10.2. The van der Waals surface area contributed by atoms with E-state index < -0.39 is 5.97 Å². The van der Waals surface area contributed by atoms with E-state index >= 15 is 0 Å². The standard InChI is InChI=1S/C16H16N2O3S2/c1-3-21-15(20)12-9-10(2)23-14(12)18-16(22)17-13(19)11-7-5-4-6-8-11/h4-9H,3H2,1-2H3,(H2,17,18,19,22). The fraction of sp³-hybridized carbons (Fsp3) is 0.188. The first-order chi connectivity index (χ1) is 11.0. The van der Waals surface area contributed by atoms with Gasteiger partial charge in [0.1, 0.15) is 5.00 Å². The predicted molar refractivity (Wildman–Crippen MR) is 95.1 cm³/mol. The van der Waals surface area contributed by atoms with Gasteiger partial charge in [-0.3, -0.25) is 10.1 Å². The lowest BCUT2D eigenvalue weighted by molar-refractivity contribution is 0.0528. The SMILES string of the molecule is CCOC(=O)c1cc(C)sc1NC(=S)NC(=O)c1ccccc1. The molecule has 0 bridgehead atoms. The Balaban J connectivity index is 2.06. The van der Waals surface area contributed by atoms with Crippen LogP contribution in [0.3, 0.4) is 0 Å². The smallest absolute Gasteiger partial charge is 0.341 e. The van der Waals surface area contributed by atoms with Crippen LogP contribution in [0.25, 0.3) is 0 Å². The highest BCUT2D eigenvalue weighted by Gasteiger charge is 2.17. The lowest BCUT2D eigenvalue weighted by Crippen LogP contribution is -2.34. The van der Waals surface area contributed by atoms with Crippen LogP contribution in [0.2, 0.25) is 0 Å². The summed E-state index contributed by atoms with van der Waals surface area (Å²) in [7, 11) is 0. The Kier molecular flexibility index (Phi) is 5.84. The fourth-order valence-corrected chi connectivity index (χ4v) is 3.03. The molecule has 2 N–H and O–H groups in total. The van der Waals surface area contributed by atoms with Gasteiger partial charge in [-0.25, -0.2) is 4.79 Å². The Hall–Kier alpha value is -2.25. The summed E-state index contributed by atoms with van der Waals surface area (Å²) in [6.07, 6.45) is 0. The molecule has 0 atom stereocenters. The van der Waals surface area contributed by atoms with Crippen molar-refractivity contribution in [2.45, 2.75) is 13.8 Å². The number of ether oxygens (including phenoxy) is 1. The number of anilines is 1. The van der Waals surface area contributed by atoms with E-state index in [0.29, 0.717) is 22.7 Å². The molecule has 0 saturated carbocycles. The van der Waals surface area contributed by atoms with Gasteiger partial charge < -0.3 is 10.1 Å². The van der Waals surface area contributed by atoms with Crippen LogP contribution in [0.1, 0.15) is 32.5 Å². The molecule has 2 aromatic rings. The second-order valence-corrected chi connectivity index (χ2v) is 6.26. The van der Waals surface area contributed by atoms with Crippen molar-refractivity contribution in [1.82, 2.24) is 5.32 Å². The number of thiophene rings is 1. The van der Waals surface area contributed by atoms with E-state index in [1.807, 2.05) is 13.0 Å². The number of hydrogen-bond acceptors (Lipinski definition) is 5. The highest BCUT2D eigenvalue weighted by molar-refractivity contribution is 7.80. The predicted octanol–water partition coefficient (Wildman–Crippen LogP) is 3.36. The summed E-state index contributed by atoms with van der Waals surface area (Å²) >= 11 is 6.51. The molecule has 1 amide bonds. The fourth-order valence-electron chi connectivity index (χ4n) is 1.87. The number of benzene rings is 1. The number of esters is 1. The highest BCUT2D eigenvalue weighted by Crippen LogP contribution is 2.28. The zero-order valence-electron chi connectivity index (χ0n) is 12.7. The molecule has 0 aliphatic rings. The van der Waals surface area contributed by atoms with Crippen molar-refractivity contribution in [3.8, 4) is 0 Å².